The molecule has 5 heteroatoms. The molecule has 0 bridgehead atoms. The van der Waals surface area contributed by atoms with Crippen molar-refractivity contribution in [1.82, 2.24) is 9.88 Å². The molecule has 132 valence electrons. The van der Waals surface area contributed by atoms with Gasteiger partial charge in [-0.15, -0.1) is 0 Å². The number of amides is 1. The van der Waals surface area contributed by atoms with Crippen LogP contribution in [0.2, 0.25) is 0 Å². The van der Waals surface area contributed by atoms with Crippen LogP contribution in [0.15, 0.2) is 36.4 Å². The number of pyridine rings is 1. The Morgan fingerprint density at radius 3 is 2.62 bits per heavy atom. The van der Waals surface area contributed by atoms with Crippen LogP contribution < -0.4 is 4.90 Å². The lowest BCUT2D eigenvalue weighted by atomic mass is 10.0. The van der Waals surface area contributed by atoms with E-state index in [0.29, 0.717) is 5.56 Å². The van der Waals surface area contributed by atoms with Gasteiger partial charge in [0.25, 0.3) is 0 Å². The maximum absolute atomic E-state index is 12.9. The van der Waals surface area contributed by atoms with E-state index in [2.05, 4.69) is 16.0 Å². The molecule has 1 aromatic heterocycles. The van der Waals surface area contributed by atoms with Gasteiger partial charge in [-0.05, 0) is 55.2 Å². The van der Waals surface area contributed by atoms with Gasteiger partial charge in [0.15, 0.2) is 0 Å². The predicted octanol–water partition coefficient (Wildman–Crippen LogP) is 2.33. The molecule has 1 atom stereocenters. The lowest BCUT2D eigenvalue weighted by Crippen LogP contribution is -2.50. The van der Waals surface area contributed by atoms with E-state index >= 15 is 0 Å². The number of benzene rings is 1. The van der Waals surface area contributed by atoms with E-state index in [9.17, 15) is 4.79 Å². The minimum Gasteiger partial charge on any atom is -0.353 e. The number of aromatic nitrogens is 1. The molecular formula is C21H22N4O. The number of carbonyl (C=O) groups excluding carboxylic acids is 1. The molecule has 1 saturated heterocycles. The van der Waals surface area contributed by atoms with Crippen molar-refractivity contribution in [2.45, 2.75) is 19.8 Å². The fourth-order valence-corrected chi connectivity index (χ4v) is 3.98. The highest BCUT2D eigenvalue weighted by molar-refractivity contribution is 5.81. The van der Waals surface area contributed by atoms with Crippen LogP contribution in [-0.4, -0.2) is 42.0 Å². The van der Waals surface area contributed by atoms with Gasteiger partial charge in [0.2, 0.25) is 5.91 Å². The molecule has 2 aliphatic rings. The van der Waals surface area contributed by atoms with E-state index in [-0.39, 0.29) is 11.8 Å². The molecule has 5 nitrogen and oxygen atoms in total. The highest BCUT2D eigenvalue weighted by atomic mass is 16.2. The van der Waals surface area contributed by atoms with Gasteiger partial charge >= 0.3 is 0 Å². The number of carbonyl (C=O) groups is 1. The first kappa shape index (κ1) is 16.6. The molecule has 1 aliphatic carbocycles. The molecule has 2 heterocycles. The van der Waals surface area contributed by atoms with Gasteiger partial charge in [0, 0.05) is 37.8 Å². The summed E-state index contributed by atoms with van der Waals surface area (Å²) >= 11 is 0. The van der Waals surface area contributed by atoms with E-state index in [1.54, 1.807) is 0 Å². The molecule has 1 unspecified atom stereocenters. The third-order valence-corrected chi connectivity index (χ3v) is 5.41. The predicted molar refractivity (Wildman–Crippen MR) is 99.8 cm³/mol. The standard InChI is InChI=1S/C21H22N4O/c1-15-3-2-4-20(23-15)24-7-9-25(10-8-24)21(26)19-12-17-6-5-16(14-22)11-18(17)13-19/h2-6,11,19H,7-10,12-13H2,1H3. The zero-order chi connectivity index (χ0) is 18.1. The number of fused-ring (bicyclic) bond motifs is 1. The third kappa shape index (κ3) is 3.15. The monoisotopic (exact) mass is 346 g/mol. The van der Waals surface area contributed by atoms with Crippen LogP contribution in [0.25, 0.3) is 0 Å². The van der Waals surface area contributed by atoms with Crippen LogP contribution in [0, 0.1) is 24.2 Å². The molecule has 0 radical (unpaired) electrons. The van der Waals surface area contributed by atoms with Gasteiger partial charge in [0.1, 0.15) is 5.82 Å². The van der Waals surface area contributed by atoms with Crippen LogP contribution in [0.4, 0.5) is 5.82 Å². The summed E-state index contributed by atoms with van der Waals surface area (Å²) in [5, 5.41) is 9.05. The van der Waals surface area contributed by atoms with Crippen molar-refractivity contribution in [3.63, 3.8) is 0 Å². The molecule has 26 heavy (non-hydrogen) atoms. The first-order chi connectivity index (χ1) is 12.6. The zero-order valence-electron chi connectivity index (χ0n) is 15.0. The first-order valence-electron chi connectivity index (χ1n) is 9.13. The topological polar surface area (TPSA) is 60.2 Å². The minimum atomic E-state index is 0.0163. The average Bonchev–Trinajstić information content (AvgIpc) is 3.10. The SMILES string of the molecule is Cc1cccc(N2CCN(C(=O)C3Cc4ccc(C#N)cc4C3)CC2)n1. The molecule has 1 fully saturated rings. The molecule has 4 rings (SSSR count). The molecule has 1 aliphatic heterocycles. The summed E-state index contributed by atoms with van der Waals surface area (Å²) in [5.41, 5.74) is 4.06. The van der Waals surface area contributed by atoms with Gasteiger partial charge < -0.3 is 9.80 Å². The number of nitriles is 1. The maximum atomic E-state index is 12.9. The van der Waals surface area contributed by atoms with Crippen LogP contribution in [0.5, 0.6) is 0 Å². The maximum Gasteiger partial charge on any atom is 0.226 e. The van der Waals surface area contributed by atoms with Crippen molar-refractivity contribution in [3.05, 3.63) is 58.8 Å². The third-order valence-electron chi connectivity index (χ3n) is 5.41. The second-order valence-corrected chi connectivity index (χ2v) is 7.15. The molecule has 0 N–H and O–H groups in total. The Hall–Kier alpha value is -2.87. The highest BCUT2D eigenvalue weighted by Crippen LogP contribution is 2.29. The molecular weight excluding hydrogens is 324 g/mol. The van der Waals surface area contributed by atoms with Crippen molar-refractivity contribution >= 4 is 11.7 Å². The van der Waals surface area contributed by atoms with Crippen molar-refractivity contribution in [3.8, 4) is 6.07 Å². The molecule has 2 aromatic rings. The Morgan fingerprint density at radius 1 is 1.12 bits per heavy atom. The van der Waals surface area contributed by atoms with Crippen molar-refractivity contribution < 1.29 is 4.79 Å². The number of rotatable bonds is 2. The summed E-state index contributed by atoms with van der Waals surface area (Å²) in [7, 11) is 0. The van der Waals surface area contributed by atoms with E-state index < -0.39 is 0 Å². The number of nitrogens with zero attached hydrogens (tertiary/aromatic N) is 4. The Labute approximate surface area is 153 Å². The van der Waals surface area contributed by atoms with Gasteiger partial charge in [-0.25, -0.2) is 4.98 Å². The van der Waals surface area contributed by atoms with E-state index in [0.717, 1.165) is 56.1 Å². The normalized spacial score (nSPS) is 19.2. The molecule has 1 amide bonds. The second-order valence-electron chi connectivity index (χ2n) is 7.15. The van der Waals surface area contributed by atoms with Gasteiger partial charge in [-0.1, -0.05) is 12.1 Å². The highest BCUT2D eigenvalue weighted by Gasteiger charge is 2.32. The number of anilines is 1. The molecule has 0 spiro atoms. The smallest absolute Gasteiger partial charge is 0.226 e. The lowest BCUT2D eigenvalue weighted by Gasteiger charge is -2.36. The summed E-state index contributed by atoms with van der Waals surface area (Å²) < 4.78 is 0. The Balaban J connectivity index is 1.38. The summed E-state index contributed by atoms with van der Waals surface area (Å²) in [5.74, 6) is 1.26. The van der Waals surface area contributed by atoms with Crippen molar-refractivity contribution in [2.75, 3.05) is 31.1 Å². The van der Waals surface area contributed by atoms with Gasteiger partial charge in [-0.2, -0.15) is 5.26 Å². The van der Waals surface area contributed by atoms with Crippen LogP contribution in [-0.2, 0) is 17.6 Å². The summed E-state index contributed by atoms with van der Waals surface area (Å²) in [6, 6.07) is 14.0. The van der Waals surface area contributed by atoms with E-state index in [4.69, 9.17) is 5.26 Å². The van der Waals surface area contributed by atoms with E-state index in [1.807, 2.05) is 48.2 Å². The Bertz CT molecular complexity index is 878. The van der Waals surface area contributed by atoms with Gasteiger partial charge in [-0.3, -0.25) is 4.79 Å². The fourth-order valence-electron chi connectivity index (χ4n) is 3.98. The van der Waals surface area contributed by atoms with Crippen molar-refractivity contribution in [1.29, 1.82) is 5.26 Å². The quantitative estimate of drug-likeness (QED) is 0.837. The van der Waals surface area contributed by atoms with E-state index in [1.165, 1.54) is 5.56 Å². The van der Waals surface area contributed by atoms with Crippen LogP contribution in [0.3, 0.4) is 0 Å². The number of hydrogen-bond donors (Lipinski definition) is 0. The number of hydrogen-bond acceptors (Lipinski definition) is 4. The zero-order valence-corrected chi connectivity index (χ0v) is 15.0. The van der Waals surface area contributed by atoms with Crippen molar-refractivity contribution in [2.24, 2.45) is 5.92 Å². The summed E-state index contributed by atoms with van der Waals surface area (Å²) in [4.78, 5) is 21.8. The second kappa shape index (κ2) is 6.80. The largest absolute Gasteiger partial charge is 0.353 e. The fraction of sp³-hybridized carbons (Fsp3) is 0.381. The van der Waals surface area contributed by atoms with Crippen LogP contribution in [0.1, 0.15) is 22.4 Å². The minimum absolute atomic E-state index is 0.0163. The first-order valence-corrected chi connectivity index (χ1v) is 9.13. The Kier molecular flexibility index (Phi) is 4.34. The number of piperazine rings is 1. The molecule has 1 aromatic carbocycles. The summed E-state index contributed by atoms with van der Waals surface area (Å²) in [6.45, 7) is 5.12. The molecule has 0 saturated carbocycles. The lowest BCUT2D eigenvalue weighted by molar-refractivity contribution is -0.135. The van der Waals surface area contributed by atoms with Gasteiger partial charge in [0.05, 0.1) is 11.6 Å². The van der Waals surface area contributed by atoms with Crippen LogP contribution >= 0.6 is 0 Å². The Morgan fingerprint density at radius 2 is 1.88 bits per heavy atom. The summed E-state index contributed by atoms with van der Waals surface area (Å²) in [6.07, 6.45) is 1.54. The average molecular weight is 346 g/mol. The number of aryl methyl sites for hydroxylation is 1.